The molecule has 0 saturated carbocycles. The summed E-state index contributed by atoms with van der Waals surface area (Å²) in [4.78, 5) is 18.1. The summed E-state index contributed by atoms with van der Waals surface area (Å²) >= 11 is 1.68. The summed E-state index contributed by atoms with van der Waals surface area (Å²) in [6.07, 6.45) is -14.6. The number of rotatable bonds is 5. The molecule has 1 atom stereocenters. The van der Waals surface area contributed by atoms with Crippen molar-refractivity contribution in [2.45, 2.75) is 44.9 Å². The number of carbonyl (C=O) groups excluding carboxylic acids is 1. The topological polar surface area (TPSA) is 29.5 Å². The van der Waals surface area contributed by atoms with Crippen molar-refractivity contribution < 1.29 is 40.4 Å². The van der Waals surface area contributed by atoms with Gasteiger partial charge < -0.3 is 0 Å². The monoisotopic (exact) mass is 539 g/mol. The highest BCUT2D eigenvalue weighted by Gasteiger charge is 2.75. The van der Waals surface area contributed by atoms with Crippen LogP contribution in [0, 0.1) is 5.41 Å². The summed E-state index contributed by atoms with van der Waals surface area (Å²) in [5, 5.41) is 0.692. The third-order valence-electron chi connectivity index (χ3n) is 4.81. The number of nitrogens with zero attached hydrogens (tertiary/aromatic N) is 1. The van der Waals surface area contributed by atoms with Gasteiger partial charge >= 0.3 is 18.0 Å². The van der Waals surface area contributed by atoms with Gasteiger partial charge in [0, 0.05) is 6.42 Å². The molecular weight excluding hydrogens is 522 g/mol. The van der Waals surface area contributed by atoms with E-state index >= 15 is 0 Å². The standard InChI is InChI=1S/C18H17F7INO2/c1-11(26)13-8-27(29-9-12-6-4-3-5-7-12)14(28)15(13,2)10-16(19,17(20,21)22)18(23,24)25/h3-7H,8-10H2,1-2H3/b13-11+. The average Bonchev–Trinajstić information content (AvgIpc) is 2.83. The molecular formula is C18H17F7INO2. The van der Waals surface area contributed by atoms with E-state index in [0.29, 0.717) is 10.6 Å². The molecule has 0 N–H and O–H groups in total. The fourth-order valence-electron chi connectivity index (χ4n) is 3.14. The quantitative estimate of drug-likeness (QED) is 0.345. The first-order valence-electron chi connectivity index (χ1n) is 8.30. The normalized spacial score (nSPS) is 23.0. The van der Waals surface area contributed by atoms with Crippen LogP contribution in [0.4, 0.5) is 30.7 Å². The Morgan fingerprint density at radius 2 is 1.62 bits per heavy atom. The molecule has 1 aliphatic heterocycles. The van der Waals surface area contributed by atoms with E-state index in [1.165, 1.54) is 6.92 Å². The molecule has 29 heavy (non-hydrogen) atoms. The van der Waals surface area contributed by atoms with E-state index < -0.39 is 35.8 Å². The average molecular weight is 539 g/mol. The van der Waals surface area contributed by atoms with Gasteiger partial charge in [-0.15, -0.1) is 0 Å². The van der Waals surface area contributed by atoms with Crippen LogP contribution in [-0.2, 0) is 16.2 Å². The minimum absolute atomic E-state index is 0.0494. The third-order valence-corrected chi connectivity index (χ3v) is 5.46. The molecule has 1 aromatic rings. The van der Waals surface area contributed by atoms with Crippen LogP contribution in [0.25, 0.3) is 0 Å². The lowest BCUT2D eigenvalue weighted by Crippen LogP contribution is -2.56. The van der Waals surface area contributed by atoms with Crippen LogP contribution in [0.3, 0.4) is 0 Å². The van der Waals surface area contributed by atoms with Gasteiger partial charge in [0.2, 0.25) is 0 Å². The van der Waals surface area contributed by atoms with Crippen molar-refractivity contribution in [2.24, 2.45) is 5.41 Å². The SMILES string of the molecule is C/C(I)=C1/CN(OCc2ccccc2)C(=O)C1(C)CC(F)(C(F)(F)F)C(F)(F)F. The Balaban J connectivity index is 2.37. The van der Waals surface area contributed by atoms with Gasteiger partial charge in [-0.3, -0.25) is 9.63 Å². The van der Waals surface area contributed by atoms with E-state index in [9.17, 15) is 35.5 Å². The number of hydrogen-bond acceptors (Lipinski definition) is 2. The van der Waals surface area contributed by atoms with Gasteiger partial charge in [0.1, 0.15) is 6.61 Å². The van der Waals surface area contributed by atoms with E-state index in [-0.39, 0.29) is 22.3 Å². The molecule has 0 spiro atoms. The zero-order valence-electron chi connectivity index (χ0n) is 15.3. The van der Waals surface area contributed by atoms with Gasteiger partial charge in [0.15, 0.2) is 0 Å². The second kappa shape index (κ2) is 8.05. The van der Waals surface area contributed by atoms with Gasteiger partial charge in [0.05, 0.1) is 12.0 Å². The first kappa shape index (κ1) is 23.9. The third kappa shape index (κ3) is 4.54. The predicted molar refractivity (Wildman–Crippen MR) is 98.3 cm³/mol. The van der Waals surface area contributed by atoms with E-state index in [4.69, 9.17) is 4.84 Å². The highest BCUT2D eigenvalue weighted by molar-refractivity contribution is 14.1. The largest absolute Gasteiger partial charge is 0.431 e. The van der Waals surface area contributed by atoms with Crippen molar-refractivity contribution >= 4 is 28.5 Å². The zero-order valence-corrected chi connectivity index (χ0v) is 17.5. The number of amides is 1. The molecule has 1 saturated heterocycles. The first-order chi connectivity index (χ1) is 13.1. The van der Waals surface area contributed by atoms with Crippen molar-refractivity contribution in [3.8, 4) is 0 Å². The smallest absolute Gasteiger partial charge is 0.272 e. The van der Waals surface area contributed by atoms with Crippen LogP contribution in [0.5, 0.6) is 0 Å². The van der Waals surface area contributed by atoms with Crippen LogP contribution in [-0.4, -0.2) is 35.5 Å². The number of hydrogen-bond donors (Lipinski definition) is 0. The lowest BCUT2D eigenvalue weighted by Gasteiger charge is -2.36. The maximum Gasteiger partial charge on any atom is 0.431 e. The molecule has 1 heterocycles. The summed E-state index contributed by atoms with van der Waals surface area (Å²) < 4.78 is 93.2. The highest BCUT2D eigenvalue weighted by Crippen LogP contribution is 2.55. The van der Waals surface area contributed by atoms with Gasteiger partial charge in [0.25, 0.3) is 5.91 Å². The number of alkyl halides is 7. The van der Waals surface area contributed by atoms with E-state index in [0.717, 1.165) is 6.92 Å². The number of allylic oxidation sites excluding steroid dienone is 1. The maximum atomic E-state index is 14.4. The number of halogens is 8. The van der Waals surface area contributed by atoms with Crippen molar-refractivity contribution in [1.29, 1.82) is 0 Å². The zero-order chi connectivity index (χ0) is 22.3. The molecule has 1 aromatic carbocycles. The predicted octanol–water partition coefficient (Wildman–Crippen LogP) is 5.90. The molecule has 1 fully saturated rings. The van der Waals surface area contributed by atoms with E-state index in [1.807, 2.05) is 0 Å². The lowest BCUT2D eigenvalue weighted by molar-refractivity contribution is -0.347. The Kier molecular flexibility index (Phi) is 6.63. The maximum absolute atomic E-state index is 14.4. The Hall–Kier alpha value is -1.37. The Bertz CT molecular complexity index is 774. The van der Waals surface area contributed by atoms with Crippen LogP contribution >= 0.6 is 22.6 Å². The summed E-state index contributed by atoms with van der Waals surface area (Å²) in [6.45, 7) is 1.81. The van der Waals surface area contributed by atoms with Crippen molar-refractivity contribution in [1.82, 2.24) is 5.06 Å². The molecule has 11 heteroatoms. The molecule has 1 amide bonds. The number of hydroxylamine groups is 2. The Labute approximate surface area is 176 Å². The Morgan fingerprint density at radius 1 is 1.10 bits per heavy atom. The molecule has 0 aliphatic carbocycles. The summed E-state index contributed by atoms with van der Waals surface area (Å²) in [7, 11) is 0. The minimum Gasteiger partial charge on any atom is -0.272 e. The van der Waals surface area contributed by atoms with Crippen LogP contribution in [0.1, 0.15) is 25.8 Å². The van der Waals surface area contributed by atoms with Gasteiger partial charge in [-0.25, -0.2) is 9.45 Å². The molecule has 0 radical (unpaired) electrons. The second-order valence-electron chi connectivity index (χ2n) is 6.92. The van der Waals surface area contributed by atoms with Gasteiger partial charge in [-0.1, -0.05) is 30.3 Å². The molecule has 2 rings (SSSR count). The second-order valence-corrected chi connectivity index (χ2v) is 8.54. The fourth-order valence-corrected chi connectivity index (χ4v) is 3.91. The van der Waals surface area contributed by atoms with Crippen molar-refractivity contribution in [3.63, 3.8) is 0 Å². The first-order valence-corrected chi connectivity index (χ1v) is 9.38. The fraction of sp³-hybridized carbons (Fsp3) is 0.500. The molecule has 162 valence electrons. The number of carbonyl (C=O) groups is 1. The summed E-state index contributed by atoms with van der Waals surface area (Å²) in [5.41, 5.74) is -7.33. The minimum atomic E-state index is -6.24. The van der Waals surface area contributed by atoms with E-state index in [1.54, 1.807) is 52.9 Å². The van der Waals surface area contributed by atoms with Crippen molar-refractivity contribution in [3.05, 3.63) is 45.0 Å². The molecule has 0 aromatic heterocycles. The van der Waals surface area contributed by atoms with Crippen LogP contribution in [0.15, 0.2) is 39.5 Å². The summed E-state index contributed by atoms with van der Waals surface area (Å²) in [5.74, 6) is -1.16. The van der Waals surface area contributed by atoms with E-state index in [2.05, 4.69) is 0 Å². The Morgan fingerprint density at radius 3 is 2.07 bits per heavy atom. The molecule has 1 unspecified atom stereocenters. The molecule has 0 bridgehead atoms. The van der Waals surface area contributed by atoms with Gasteiger partial charge in [-0.2, -0.15) is 26.3 Å². The van der Waals surface area contributed by atoms with Gasteiger partial charge in [-0.05, 0) is 51.2 Å². The highest BCUT2D eigenvalue weighted by atomic mass is 127. The van der Waals surface area contributed by atoms with Crippen LogP contribution < -0.4 is 0 Å². The molecule has 1 aliphatic rings. The molecule has 3 nitrogen and oxygen atoms in total. The number of benzene rings is 1. The summed E-state index contributed by atoms with van der Waals surface area (Å²) in [6, 6.07) is 8.45. The lowest BCUT2D eigenvalue weighted by atomic mass is 9.74. The van der Waals surface area contributed by atoms with Crippen LogP contribution in [0.2, 0.25) is 0 Å². The van der Waals surface area contributed by atoms with Crippen molar-refractivity contribution in [2.75, 3.05) is 6.54 Å².